The fourth-order valence-electron chi connectivity index (χ4n) is 1.63. The van der Waals surface area contributed by atoms with Crippen molar-refractivity contribution in [2.75, 3.05) is 6.61 Å². The highest BCUT2D eigenvalue weighted by atomic mass is 16.5. The predicted octanol–water partition coefficient (Wildman–Crippen LogP) is 2.92. The van der Waals surface area contributed by atoms with Gasteiger partial charge in [-0.15, -0.1) is 0 Å². The van der Waals surface area contributed by atoms with E-state index < -0.39 is 0 Å². The summed E-state index contributed by atoms with van der Waals surface area (Å²) in [6.45, 7) is 11.6. The van der Waals surface area contributed by atoms with Crippen LogP contribution in [0.5, 0.6) is 5.75 Å². The fraction of sp³-hybridized carbons (Fsp3) is 0.562. The quantitative estimate of drug-likeness (QED) is 0.642. The van der Waals surface area contributed by atoms with Gasteiger partial charge in [0, 0.05) is 11.1 Å². The summed E-state index contributed by atoms with van der Waals surface area (Å²) in [6.07, 6.45) is 0. The minimum atomic E-state index is -0.0821. The first-order valence-corrected chi connectivity index (χ1v) is 7.07. The smallest absolute Gasteiger partial charge is 0.189 e. The molecule has 0 aliphatic rings. The van der Waals surface area contributed by atoms with E-state index >= 15 is 0 Å². The summed E-state index contributed by atoms with van der Waals surface area (Å²) in [4.78, 5) is 4.37. The molecule has 20 heavy (non-hydrogen) atoms. The van der Waals surface area contributed by atoms with Crippen LogP contribution in [0.1, 0.15) is 40.2 Å². The molecule has 0 spiro atoms. The molecule has 0 fully saturated rings. The summed E-state index contributed by atoms with van der Waals surface area (Å²) in [6, 6.07) is 7.95. The van der Waals surface area contributed by atoms with Gasteiger partial charge in [-0.05, 0) is 32.8 Å². The Morgan fingerprint density at radius 1 is 1.30 bits per heavy atom. The van der Waals surface area contributed by atoms with Crippen LogP contribution in [-0.2, 0) is 6.54 Å². The zero-order valence-corrected chi connectivity index (χ0v) is 13.2. The summed E-state index contributed by atoms with van der Waals surface area (Å²) in [5.74, 6) is 1.84. The molecule has 0 aromatic heterocycles. The number of hydrogen-bond donors (Lipinski definition) is 2. The normalized spacial score (nSPS) is 12.6. The van der Waals surface area contributed by atoms with E-state index in [2.05, 4.69) is 44.9 Å². The van der Waals surface area contributed by atoms with E-state index in [1.54, 1.807) is 0 Å². The molecule has 0 amide bonds. The van der Waals surface area contributed by atoms with Crippen LogP contribution in [0.4, 0.5) is 0 Å². The van der Waals surface area contributed by atoms with Gasteiger partial charge in [-0.2, -0.15) is 0 Å². The fourth-order valence-corrected chi connectivity index (χ4v) is 1.63. The van der Waals surface area contributed by atoms with Gasteiger partial charge in [0.2, 0.25) is 0 Å². The predicted molar refractivity (Wildman–Crippen MR) is 85.0 cm³/mol. The zero-order valence-electron chi connectivity index (χ0n) is 13.2. The summed E-state index contributed by atoms with van der Waals surface area (Å²) in [7, 11) is 0. The molecular formula is C16H27N3O. The molecule has 0 bridgehead atoms. The maximum Gasteiger partial charge on any atom is 0.189 e. The van der Waals surface area contributed by atoms with Crippen molar-refractivity contribution in [1.82, 2.24) is 5.32 Å². The molecule has 4 nitrogen and oxygen atoms in total. The van der Waals surface area contributed by atoms with Gasteiger partial charge in [0.05, 0.1) is 13.2 Å². The summed E-state index contributed by atoms with van der Waals surface area (Å²) in [5, 5.41) is 3.15. The Morgan fingerprint density at radius 2 is 1.95 bits per heavy atom. The highest BCUT2D eigenvalue weighted by Gasteiger charge is 2.10. The van der Waals surface area contributed by atoms with Crippen molar-refractivity contribution in [2.24, 2.45) is 16.6 Å². The molecule has 0 heterocycles. The van der Waals surface area contributed by atoms with E-state index in [4.69, 9.17) is 10.5 Å². The molecule has 0 unspecified atom stereocenters. The average Bonchev–Trinajstić information content (AvgIpc) is 2.32. The Bertz CT molecular complexity index is 447. The Hall–Kier alpha value is -1.71. The van der Waals surface area contributed by atoms with Gasteiger partial charge >= 0.3 is 0 Å². The Morgan fingerprint density at radius 3 is 2.55 bits per heavy atom. The number of para-hydroxylation sites is 1. The Kier molecular flexibility index (Phi) is 5.86. The van der Waals surface area contributed by atoms with Crippen LogP contribution in [0.2, 0.25) is 0 Å². The van der Waals surface area contributed by atoms with Gasteiger partial charge in [-0.3, -0.25) is 0 Å². The second-order valence-corrected chi connectivity index (χ2v) is 6.39. The van der Waals surface area contributed by atoms with Crippen molar-refractivity contribution in [3.63, 3.8) is 0 Å². The molecule has 0 aliphatic carbocycles. The standard InChI is InChI=1S/C16H27N3O/c1-12(2)11-20-14-9-7-6-8-13(14)10-18-15(17)19-16(3,4)5/h6-9,12H,10-11H2,1-5H3,(H3,17,18,19). The van der Waals surface area contributed by atoms with Crippen molar-refractivity contribution in [3.05, 3.63) is 29.8 Å². The highest BCUT2D eigenvalue weighted by molar-refractivity contribution is 5.78. The Balaban J connectivity index is 2.70. The molecule has 3 N–H and O–H groups in total. The first-order chi connectivity index (χ1) is 9.28. The lowest BCUT2D eigenvalue weighted by Crippen LogP contribution is -2.44. The lowest BCUT2D eigenvalue weighted by Gasteiger charge is -2.21. The van der Waals surface area contributed by atoms with Crippen LogP contribution < -0.4 is 15.8 Å². The van der Waals surface area contributed by atoms with Crippen molar-refractivity contribution >= 4 is 5.96 Å². The van der Waals surface area contributed by atoms with Gasteiger partial charge < -0.3 is 15.8 Å². The number of hydrogen-bond acceptors (Lipinski definition) is 2. The molecule has 112 valence electrons. The Labute approximate surface area is 122 Å². The maximum absolute atomic E-state index is 5.88. The molecular weight excluding hydrogens is 250 g/mol. The van der Waals surface area contributed by atoms with E-state index in [1.165, 1.54) is 0 Å². The second-order valence-electron chi connectivity index (χ2n) is 6.39. The summed E-state index contributed by atoms with van der Waals surface area (Å²) in [5.41, 5.74) is 6.84. The van der Waals surface area contributed by atoms with E-state index in [9.17, 15) is 0 Å². The molecule has 1 aromatic carbocycles. The van der Waals surface area contributed by atoms with Crippen molar-refractivity contribution in [2.45, 2.75) is 46.7 Å². The number of benzene rings is 1. The number of rotatable bonds is 5. The molecule has 0 saturated carbocycles. The third kappa shape index (κ3) is 6.45. The molecule has 1 aromatic rings. The van der Waals surface area contributed by atoms with Gasteiger partial charge in [0.15, 0.2) is 5.96 Å². The largest absolute Gasteiger partial charge is 0.493 e. The zero-order chi connectivity index (χ0) is 15.2. The number of nitrogens with zero attached hydrogens (tertiary/aromatic N) is 1. The van der Waals surface area contributed by atoms with Crippen molar-refractivity contribution in [3.8, 4) is 5.75 Å². The SMILES string of the molecule is CC(C)COc1ccccc1CN=C(N)NC(C)(C)C. The summed E-state index contributed by atoms with van der Waals surface area (Å²) < 4.78 is 5.80. The number of nitrogens with two attached hydrogens (primary N) is 1. The molecule has 0 radical (unpaired) electrons. The lowest BCUT2D eigenvalue weighted by molar-refractivity contribution is 0.268. The van der Waals surface area contributed by atoms with Gasteiger partial charge in [-0.1, -0.05) is 32.0 Å². The van der Waals surface area contributed by atoms with Crippen LogP contribution in [0.15, 0.2) is 29.3 Å². The van der Waals surface area contributed by atoms with Crippen LogP contribution in [-0.4, -0.2) is 18.1 Å². The molecule has 1 rings (SSSR count). The van der Waals surface area contributed by atoms with Gasteiger partial charge in [0.1, 0.15) is 5.75 Å². The van der Waals surface area contributed by atoms with Gasteiger partial charge in [0.25, 0.3) is 0 Å². The van der Waals surface area contributed by atoms with Crippen molar-refractivity contribution in [1.29, 1.82) is 0 Å². The number of ether oxygens (including phenoxy) is 1. The third-order valence-electron chi connectivity index (χ3n) is 2.47. The van der Waals surface area contributed by atoms with Crippen LogP contribution in [0.3, 0.4) is 0 Å². The molecule has 0 saturated heterocycles. The monoisotopic (exact) mass is 277 g/mol. The second kappa shape index (κ2) is 7.17. The van der Waals surface area contributed by atoms with Crippen LogP contribution in [0, 0.1) is 5.92 Å². The summed E-state index contributed by atoms with van der Waals surface area (Å²) >= 11 is 0. The van der Waals surface area contributed by atoms with E-state index in [1.807, 2.05) is 24.3 Å². The average molecular weight is 277 g/mol. The highest BCUT2D eigenvalue weighted by Crippen LogP contribution is 2.19. The third-order valence-corrected chi connectivity index (χ3v) is 2.47. The first-order valence-electron chi connectivity index (χ1n) is 7.07. The minimum Gasteiger partial charge on any atom is -0.493 e. The van der Waals surface area contributed by atoms with Crippen LogP contribution in [0.25, 0.3) is 0 Å². The van der Waals surface area contributed by atoms with Gasteiger partial charge in [-0.25, -0.2) is 4.99 Å². The van der Waals surface area contributed by atoms with E-state index in [-0.39, 0.29) is 5.54 Å². The topological polar surface area (TPSA) is 59.6 Å². The maximum atomic E-state index is 5.88. The molecule has 0 atom stereocenters. The lowest BCUT2D eigenvalue weighted by atomic mass is 10.1. The minimum absolute atomic E-state index is 0.0821. The number of nitrogens with one attached hydrogen (secondary N) is 1. The van der Waals surface area contributed by atoms with E-state index in [0.717, 1.165) is 11.3 Å². The van der Waals surface area contributed by atoms with Crippen molar-refractivity contribution < 1.29 is 4.74 Å². The molecule has 0 aliphatic heterocycles. The first kappa shape index (κ1) is 16.3. The van der Waals surface area contributed by atoms with Crippen LogP contribution >= 0.6 is 0 Å². The van der Waals surface area contributed by atoms with E-state index in [0.29, 0.717) is 25.0 Å². The number of guanidine groups is 1. The number of aliphatic imine (C=N–C) groups is 1. The molecule has 4 heteroatoms.